The number of pyridine rings is 1. The van der Waals surface area contributed by atoms with E-state index in [4.69, 9.17) is 5.73 Å². The molecule has 0 aliphatic carbocycles. The number of hydrazine groups is 1. The Morgan fingerprint density at radius 1 is 1.33 bits per heavy atom. The number of rotatable bonds is 4. The van der Waals surface area contributed by atoms with Gasteiger partial charge in [0.15, 0.2) is 0 Å². The van der Waals surface area contributed by atoms with Crippen LogP contribution in [0.15, 0.2) is 18.5 Å². The van der Waals surface area contributed by atoms with Gasteiger partial charge in [-0.05, 0) is 6.07 Å². The number of nitrogens with two attached hydrogens (primary N) is 1. The Bertz CT molecular complexity index is 895. The van der Waals surface area contributed by atoms with E-state index in [-0.39, 0.29) is 19.0 Å². The molecule has 0 spiro atoms. The lowest BCUT2D eigenvalue weighted by Gasteiger charge is -2.36. The predicted molar refractivity (Wildman–Crippen MR) is 109 cm³/mol. The number of anilines is 2. The molecule has 3 aliphatic rings. The van der Waals surface area contributed by atoms with Crippen molar-refractivity contribution in [1.29, 1.82) is 0 Å². The molecule has 30 heavy (non-hydrogen) atoms. The Balaban J connectivity index is 1.46. The maximum absolute atomic E-state index is 13.6. The summed E-state index contributed by atoms with van der Waals surface area (Å²) in [6, 6.07) is 1.79. The number of fused-ring (bicyclic) bond motifs is 1. The van der Waals surface area contributed by atoms with Crippen molar-refractivity contribution in [3.8, 4) is 0 Å². The number of alkyl halides is 1. The van der Waals surface area contributed by atoms with E-state index in [1.54, 1.807) is 23.5 Å². The van der Waals surface area contributed by atoms with E-state index in [2.05, 4.69) is 21.0 Å². The first-order valence-electron chi connectivity index (χ1n) is 9.85. The molecule has 11 nitrogen and oxygen atoms in total. The van der Waals surface area contributed by atoms with Crippen LogP contribution in [0.3, 0.4) is 0 Å². The van der Waals surface area contributed by atoms with E-state index >= 15 is 0 Å². The number of hydrogen-bond acceptors (Lipinski definition) is 9. The molecule has 0 radical (unpaired) electrons. The minimum Gasteiger partial charge on any atom is -0.367 e. The predicted octanol–water partition coefficient (Wildman–Crippen LogP) is -1.91. The number of hydrogen-bond donors (Lipinski definition) is 4. The minimum atomic E-state index is -3.23. The van der Waals surface area contributed by atoms with Crippen molar-refractivity contribution in [3.63, 3.8) is 0 Å². The van der Waals surface area contributed by atoms with Crippen LogP contribution in [0.1, 0.15) is 0 Å². The van der Waals surface area contributed by atoms with Crippen LogP contribution in [0.25, 0.3) is 0 Å². The van der Waals surface area contributed by atoms with Crippen molar-refractivity contribution >= 4 is 27.3 Å². The molecule has 4 atom stereocenters. The zero-order valence-corrected chi connectivity index (χ0v) is 17.5. The number of sulfonamides is 1. The molecule has 4 heterocycles. The van der Waals surface area contributed by atoms with Crippen LogP contribution in [0.5, 0.6) is 0 Å². The first-order chi connectivity index (χ1) is 14.2. The molecule has 3 aliphatic heterocycles. The molecular weight excluding hydrogens is 415 g/mol. The molecule has 0 aromatic carbocycles. The molecule has 1 amide bonds. The zero-order chi connectivity index (χ0) is 21.5. The van der Waals surface area contributed by atoms with Gasteiger partial charge in [0.1, 0.15) is 6.17 Å². The molecular formula is C17H27FN8O3S. The van der Waals surface area contributed by atoms with E-state index in [0.29, 0.717) is 31.9 Å². The Kier molecular flexibility index (Phi) is 5.92. The number of aromatic nitrogens is 1. The standard InChI is InChI=1S/C17H27FN8O3S/c1-30(28,29)25-6-4-24(5-7-25)13-2-3-20-9-12(13)22-17(27)14-15(19)23-26-10-11(18)8-21-16(14)26/h2-3,9,11,14-16,21,23H,4-8,10,19H2,1H3,(H,22,27). The summed E-state index contributed by atoms with van der Waals surface area (Å²) in [6.45, 7) is 2.08. The highest BCUT2D eigenvalue weighted by Crippen LogP contribution is 2.28. The highest BCUT2D eigenvalue weighted by Gasteiger charge is 2.47. The van der Waals surface area contributed by atoms with Crippen molar-refractivity contribution in [2.75, 3.05) is 55.7 Å². The molecule has 1 aromatic heterocycles. The first kappa shape index (κ1) is 21.3. The van der Waals surface area contributed by atoms with E-state index < -0.39 is 34.4 Å². The zero-order valence-electron chi connectivity index (χ0n) is 16.7. The lowest BCUT2D eigenvalue weighted by atomic mass is 10.0. The van der Waals surface area contributed by atoms with Crippen LogP contribution >= 0.6 is 0 Å². The summed E-state index contributed by atoms with van der Waals surface area (Å²) >= 11 is 0. The molecule has 3 saturated heterocycles. The summed E-state index contributed by atoms with van der Waals surface area (Å²) in [7, 11) is -3.23. The molecule has 13 heteroatoms. The molecule has 3 fully saturated rings. The Labute approximate surface area is 174 Å². The maximum Gasteiger partial charge on any atom is 0.233 e. The van der Waals surface area contributed by atoms with Crippen LogP contribution in [-0.4, -0.2) is 92.7 Å². The topological polar surface area (TPSA) is 136 Å². The van der Waals surface area contributed by atoms with Gasteiger partial charge in [-0.1, -0.05) is 0 Å². The third-order valence-electron chi connectivity index (χ3n) is 5.73. The number of nitrogens with zero attached hydrogens (tertiary/aromatic N) is 4. The van der Waals surface area contributed by atoms with Crippen LogP contribution in [0, 0.1) is 5.92 Å². The van der Waals surface area contributed by atoms with Crippen molar-refractivity contribution < 1.29 is 17.6 Å². The van der Waals surface area contributed by atoms with Gasteiger partial charge in [0.25, 0.3) is 0 Å². The van der Waals surface area contributed by atoms with Gasteiger partial charge in [-0.2, -0.15) is 4.31 Å². The molecule has 1 aromatic rings. The molecule has 4 unspecified atom stereocenters. The minimum absolute atomic E-state index is 0.165. The summed E-state index contributed by atoms with van der Waals surface area (Å²) in [6.07, 6.45) is 2.32. The highest BCUT2D eigenvalue weighted by atomic mass is 32.2. The van der Waals surface area contributed by atoms with Gasteiger partial charge >= 0.3 is 0 Å². The second kappa shape index (κ2) is 8.32. The molecule has 0 saturated carbocycles. The van der Waals surface area contributed by atoms with Crippen LogP contribution in [0.4, 0.5) is 15.8 Å². The number of nitrogens with one attached hydrogen (secondary N) is 3. The Hall–Kier alpha value is -1.90. The smallest absolute Gasteiger partial charge is 0.233 e. The van der Waals surface area contributed by atoms with E-state index in [0.717, 1.165) is 5.69 Å². The van der Waals surface area contributed by atoms with Gasteiger partial charge in [0.05, 0.1) is 42.1 Å². The maximum atomic E-state index is 13.6. The van der Waals surface area contributed by atoms with Gasteiger partial charge in [-0.25, -0.2) is 23.2 Å². The fourth-order valence-corrected chi connectivity index (χ4v) is 5.04. The number of amides is 1. The summed E-state index contributed by atoms with van der Waals surface area (Å²) in [4.78, 5) is 19.2. The summed E-state index contributed by atoms with van der Waals surface area (Å²) < 4.78 is 38.6. The normalized spacial score (nSPS) is 30.8. The Morgan fingerprint density at radius 2 is 2.07 bits per heavy atom. The monoisotopic (exact) mass is 442 g/mol. The van der Waals surface area contributed by atoms with Gasteiger partial charge < -0.3 is 16.0 Å². The van der Waals surface area contributed by atoms with Crippen LogP contribution in [-0.2, 0) is 14.8 Å². The number of carbonyl (C=O) groups excluding carboxylic acids is 1. The quantitative estimate of drug-likeness (QED) is 0.421. The van der Waals surface area contributed by atoms with Crippen molar-refractivity contribution in [2.45, 2.75) is 18.5 Å². The molecule has 0 bridgehead atoms. The van der Waals surface area contributed by atoms with Crippen molar-refractivity contribution in [1.82, 2.24) is 25.0 Å². The van der Waals surface area contributed by atoms with Gasteiger partial charge in [0, 0.05) is 45.5 Å². The first-order valence-corrected chi connectivity index (χ1v) is 11.7. The van der Waals surface area contributed by atoms with Gasteiger partial charge in [0.2, 0.25) is 15.9 Å². The van der Waals surface area contributed by atoms with E-state index in [1.807, 2.05) is 4.90 Å². The lowest BCUT2D eigenvalue weighted by Crippen LogP contribution is -2.58. The molecule has 5 N–H and O–H groups in total. The SMILES string of the molecule is CS(=O)(=O)N1CCN(c2ccncc2NC(=O)C2C(N)NN3CC(F)CNC23)CC1. The third-order valence-corrected chi connectivity index (χ3v) is 7.03. The Morgan fingerprint density at radius 3 is 2.77 bits per heavy atom. The number of carbonyl (C=O) groups is 1. The molecule has 4 rings (SSSR count). The average Bonchev–Trinajstić information content (AvgIpc) is 3.02. The lowest BCUT2D eigenvalue weighted by molar-refractivity contribution is -0.121. The highest BCUT2D eigenvalue weighted by molar-refractivity contribution is 7.88. The van der Waals surface area contributed by atoms with Crippen molar-refractivity contribution in [2.24, 2.45) is 11.7 Å². The summed E-state index contributed by atoms with van der Waals surface area (Å²) in [5, 5.41) is 7.58. The fourth-order valence-electron chi connectivity index (χ4n) is 4.21. The van der Waals surface area contributed by atoms with Crippen LogP contribution < -0.4 is 26.7 Å². The second-order valence-electron chi connectivity index (χ2n) is 7.81. The largest absolute Gasteiger partial charge is 0.367 e. The van der Waals surface area contributed by atoms with Crippen molar-refractivity contribution in [3.05, 3.63) is 18.5 Å². The van der Waals surface area contributed by atoms with Gasteiger partial charge in [-0.15, -0.1) is 0 Å². The fraction of sp³-hybridized carbons (Fsp3) is 0.647. The summed E-state index contributed by atoms with van der Waals surface area (Å²) in [5.74, 6) is -0.913. The van der Waals surface area contributed by atoms with Crippen LogP contribution in [0.2, 0.25) is 0 Å². The summed E-state index contributed by atoms with van der Waals surface area (Å²) in [5.41, 5.74) is 10.4. The average molecular weight is 443 g/mol. The number of halogens is 1. The van der Waals surface area contributed by atoms with E-state index in [1.165, 1.54) is 10.6 Å². The number of piperazine rings is 1. The van der Waals surface area contributed by atoms with E-state index in [9.17, 15) is 17.6 Å². The van der Waals surface area contributed by atoms with Gasteiger partial charge in [-0.3, -0.25) is 15.1 Å². The second-order valence-corrected chi connectivity index (χ2v) is 9.80. The molecule has 166 valence electrons. The third kappa shape index (κ3) is 4.26.